The van der Waals surface area contributed by atoms with Gasteiger partial charge in [-0.15, -0.1) is 0 Å². The van der Waals surface area contributed by atoms with E-state index in [1.54, 1.807) is 4.68 Å². The zero-order valence-corrected chi connectivity index (χ0v) is 12.7. The molecule has 1 unspecified atom stereocenters. The normalized spacial score (nSPS) is 17.3. The molecule has 1 amide bonds. The molecule has 0 saturated carbocycles. The van der Waals surface area contributed by atoms with Gasteiger partial charge in [0.05, 0.1) is 17.8 Å². The highest BCUT2D eigenvalue weighted by molar-refractivity contribution is 5.77. The quantitative estimate of drug-likeness (QED) is 0.901. The molecule has 0 spiro atoms. The van der Waals surface area contributed by atoms with E-state index in [1.165, 1.54) is 12.1 Å². The predicted octanol–water partition coefficient (Wildman–Crippen LogP) is 1.46. The summed E-state index contributed by atoms with van der Waals surface area (Å²) in [5.41, 5.74) is 9.59. The number of nitrogens with zero attached hydrogens (tertiary/aromatic N) is 2. The van der Waals surface area contributed by atoms with Gasteiger partial charge in [-0.1, -0.05) is 0 Å². The Bertz CT molecular complexity index is 738. The van der Waals surface area contributed by atoms with Gasteiger partial charge in [0.2, 0.25) is 5.91 Å². The van der Waals surface area contributed by atoms with Crippen LogP contribution in [0.5, 0.6) is 0 Å². The van der Waals surface area contributed by atoms with Gasteiger partial charge >= 0.3 is 0 Å². The summed E-state index contributed by atoms with van der Waals surface area (Å²) in [7, 11) is 1.86. The number of amides is 1. The number of primary amides is 1. The molecule has 0 saturated heterocycles. The van der Waals surface area contributed by atoms with E-state index in [0.717, 1.165) is 35.5 Å². The first kappa shape index (κ1) is 14.7. The first-order valence-corrected chi connectivity index (χ1v) is 7.33. The molecule has 5 nitrogen and oxygen atoms in total. The van der Waals surface area contributed by atoms with Crippen molar-refractivity contribution < 1.29 is 9.18 Å². The van der Waals surface area contributed by atoms with Gasteiger partial charge in [0.15, 0.2) is 0 Å². The van der Waals surface area contributed by atoms with Crippen molar-refractivity contribution in [3.63, 3.8) is 0 Å². The lowest BCUT2D eigenvalue weighted by Gasteiger charge is -2.19. The number of carbonyl (C=O) groups excluding carboxylic acids is 1. The first-order valence-electron chi connectivity index (χ1n) is 7.33. The molecule has 0 fully saturated rings. The van der Waals surface area contributed by atoms with Gasteiger partial charge in [0, 0.05) is 24.2 Å². The third-order valence-corrected chi connectivity index (χ3v) is 4.02. The predicted molar refractivity (Wildman–Crippen MR) is 81.6 cm³/mol. The van der Waals surface area contributed by atoms with Crippen LogP contribution in [0.4, 0.5) is 4.39 Å². The number of nitrogens with one attached hydrogen (secondary N) is 1. The van der Waals surface area contributed by atoms with Crippen LogP contribution in [0.15, 0.2) is 18.2 Å². The highest BCUT2D eigenvalue weighted by Gasteiger charge is 2.25. The third kappa shape index (κ3) is 2.62. The number of carbonyl (C=O) groups is 1. The van der Waals surface area contributed by atoms with Crippen molar-refractivity contribution >= 4 is 5.91 Å². The van der Waals surface area contributed by atoms with Crippen molar-refractivity contribution in [2.45, 2.75) is 25.8 Å². The number of benzene rings is 1. The van der Waals surface area contributed by atoms with E-state index in [-0.39, 0.29) is 18.3 Å². The molecule has 2 heterocycles. The number of hydrogen-bond donors (Lipinski definition) is 2. The molecule has 3 N–H and O–H groups in total. The lowest BCUT2D eigenvalue weighted by Crippen LogP contribution is -2.27. The summed E-state index contributed by atoms with van der Waals surface area (Å²) in [6.07, 6.45) is 0.882. The van der Waals surface area contributed by atoms with E-state index in [1.807, 2.05) is 13.1 Å². The Balaban J connectivity index is 2.12. The van der Waals surface area contributed by atoms with Crippen LogP contribution in [0.2, 0.25) is 0 Å². The number of rotatable bonds is 3. The van der Waals surface area contributed by atoms with Crippen LogP contribution in [0.3, 0.4) is 0 Å². The molecule has 1 atom stereocenters. The van der Waals surface area contributed by atoms with Gasteiger partial charge in [0.25, 0.3) is 0 Å². The smallest absolute Gasteiger partial charge is 0.221 e. The molecule has 116 valence electrons. The molecule has 0 aliphatic carbocycles. The zero-order chi connectivity index (χ0) is 15.9. The number of fused-ring (bicyclic) bond motifs is 1. The van der Waals surface area contributed by atoms with Crippen LogP contribution in [0.1, 0.15) is 29.8 Å². The summed E-state index contributed by atoms with van der Waals surface area (Å²) in [5, 5.41) is 7.94. The van der Waals surface area contributed by atoms with Crippen molar-refractivity contribution in [1.82, 2.24) is 15.1 Å². The standard InChI is InChI=1S/C16H19FN4O/c1-9-15-13(3-4-19-9)16(21(2)20-15)11-5-10(7-14(18)22)6-12(17)8-11/h5-6,8-9,19H,3-4,7H2,1-2H3,(H2,18,22). The van der Waals surface area contributed by atoms with Gasteiger partial charge in [-0.25, -0.2) is 4.39 Å². The maximum absolute atomic E-state index is 13.9. The minimum Gasteiger partial charge on any atom is -0.369 e. The van der Waals surface area contributed by atoms with E-state index in [9.17, 15) is 9.18 Å². The molecular weight excluding hydrogens is 283 g/mol. The number of aromatic nitrogens is 2. The average molecular weight is 302 g/mol. The van der Waals surface area contributed by atoms with E-state index >= 15 is 0 Å². The lowest BCUT2D eigenvalue weighted by molar-refractivity contribution is -0.117. The summed E-state index contributed by atoms with van der Waals surface area (Å²) < 4.78 is 15.7. The van der Waals surface area contributed by atoms with Gasteiger partial charge in [0.1, 0.15) is 5.82 Å². The Labute approximate surface area is 128 Å². The molecular formula is C16H19FN4O. The minimum atomic E-state index is -0.471. The van der Waals surface area contributed by atoms with E-state index in [0.29, 0.717) is 5.56 Å². The fourth-order valence-corrected chi connectivity index (χ4v) is 3.14. The van der Waals surface area contributed by atoms with Gasteiger partial charge in [-0.2, -0.15) is 5.10 Å². The second-order valence-corrected chi connectivity index (χ2v) is 5.75. The fraction of sp³-hybridized carbons (Fsp3) is 0.375. The van der Waals surface area contributed by atoms with Crippen LogP contribution < -0.4 is 11.1 Å². The Morgan fingerprint density at radius 3 is 3.00 bits per heavy atom. The summed E-state index contributed by atoms with van der Waals surface area (Å²) >= 11 is 0. The first-order chi connectivity index (χ1) is 10.5. The summed E-state index contributed by atoms with van der Waals surface area (Å²) in [6, 6.07) is 4.83. The van der Waals surface area contributed by atoms with E-state index in [2.05, 4.69) is 17.3 Å². The van der Waals surface area contributed by atoms with Crippen molar-refractivity contribution in [2.24, 2.45) is 12.8 Å². The maximum Gasteiger partial charge on any atom is 0.221 e. The van der Waals surface area contributed by atoms with Crippen LogP contribution in [-0.4, -0.2) is 22.2 Å². The van der Waals surface area contributed by atoms with Crippen LogP contribution >= 0.6 is 0 Å². The summed E-state index contributed by atoms with van der Waals surface area (Å²) in [5.74, 6) is -0.841. The number of hydrogen-bond acceptors (Lipinski definition) is 3. The topological polar surface area (TPSA) is 72.9 Å². The molecule has 1 aliphatic heterocycles. The van der Waals surface area contributed by atoms with Gasteiger partial charge in [-0.3, -0.25) is 9.48 Å². The van der Waals surface area contributed by atoms with Crippen LogP contribution in [-0.2, 0) is 24.7 Å². The van der Waals surface area contributed by atoms with Crippen molar-refractivity contribution in [1.29, 1.82) is 0 Å². The molecule has 22 heavy (non-hydrogen) atoms. The molecule has 1 aromatic carbocycles. The molecule has 0 bridgehead atoms. The lowest BCUT2D eigenvalue weighted by atomic mass is 9.96. The summed E-state index contributed by atoms with van der Waals surface area (Å²) in [6.45, 7) is 2.94. The Morgan fingerprint density at radius 1 is 1.50 bits per heavy atom. The van der Waals surface area contributed by atoms with E-state index < -0.39 is 5.91 Å². The van der Waals surface area contributed by atoms with Gasteiger partial charge < -0.3 is 11.1 Å². The van der Waals surface area contributed by atoms with Crippen molar-refractivity contribution in [2.75, 3.05) is 6.54 Å². The third-order valence-electron chi connectivity index (χ3n) is 4.02. The van der Waals surface area contributed by atoms with Crippen molar-refractivity contribution in [3.05, 3.63) is 40.8 Å². The number of aryl methyl sites for hydroxylation is 1. The Hall–Kier alpha value is -2.21. The zero-order valence-electron chi connectivity index (χ0n) is 12.7. The van der Waals surface area contributed by atoms with Gasteiger partial charge in [-0.05, 0) is 43.7 Å². The number of nitrogens with two attached hydrogens (primary N) is 1. The molecule has 2 aromatic rings. The maximum atomic E-state index is 13.9. The Morgan fingerprint density at radius 2 is 2.27 bits per heavy atom. The highest BCUT2D eigenvalue weighted by atomic mass is 19.1. The van der Waals surface area contributed by atoms with Crippen LogP contribution in [0.25, 0.3) is 11.3 Å². The average Bonchev–Trinajstić information content (AvgIpc) is 2.75. The summed E-state index contributed by atoms with van der Waals surface area (Å²) in [4.78, 5) is 11.1. The molecule has 1 aromatic heterocycles. The Kier molecular flexibility index (Phi) is 3.70. The minimum absolute atomic E-state index is 0.0305. The second kappa shape index (κ2) is 5.53. The highest BCUT2D eigenvalue weighted by Crippen LogP contribution is 2.32. The van der Waals surface area contributed by atoms with E-state index in [4.69, 9.17) is 5.73 Å². The largest absolute Gasteiger partial charge is 0.369 e. The van der Waals surface area contributed by atoms with Crippen molar-refractivity contribution in [3.8, 4) is 11.3 Å². The van der Waals surface area contributed by atoms with Crippen LogP contribution in [0, 0.1) is 5.82 Å². The number of halogens is 1. The molecule has 0 radical (unpaired) electrons. The fourth-order valence-electron chi connectivity index (χ4n) is 3.14. The molecule has 3 rings (SSSR count). The second-order valence-electron chi connectivity index (χ2n) is 5.75. The monoisotopic (exact) mass is 302 g/mol. The SMILES string of the molecule is CC1NCCc2c1nn(C)c2-c1cc(F)cc(CC(N)=O)c1. The molecule has 6 heteroatoms. The molecule has 1 aliphatic rings.